The van der Waals surface area contributed by atoms with Gasteiger partial charge in [0, 0.05) is 23.4 Å². The van der Waals surface area contributed by atoms with Gasteiger partial charge in [0.2, 0.25) is 5.88 Å². The van der Waals surface area contributed by atoms with E-state index in [0.717, 1.165) is 0 Å². The molecule has 1 amide bonds. The lowest BCUT2D eigenvalue weighted by Gasteiger charge is -2.12. The van der Waals surface area contributed by atoms with Crippen LogP contribution in [-0.4, -0.2) is 36.7 Å². The molecule has 0 spiro atoms. The molecule has 0 aliphatic rings. The third-order valence-electron chi connectivity index (χ3n) is 3.97. The molecule has 0 atom stereocenters. The Bertz CT molecular complexity index is 1010. The van der Waals surface area contributed by atoms with Crippen LogP contribution in [0.2, 0.25) is 0 Å². The molecule has 7 nitrogen and oxygen atoms in total. The van der Waals surface area contributed by atoms with Gasteiger partial charge in [0.1, 0.15) is 17.3 Å². The molecule has 0 aliphatic heterocycles. The number of halogens is 1. The van der Waals surface area contributed by atoms with E-state index in [2.05, 4.69) is 15.3 Å². The molecule has 150 valence electrons. The number of carbonyl (C=O) groups excluding carboxylic acids is 1. The van der Waals surface area contributed by atoms with Crippen LogP contribution in [0.5, 0.6) is 17.4 Å². The quantitative estimate of drug-likeness (QED) is 0.656. The predicted octanol–water partition coefficient (Wildman–Crippen LogP) is 3.63. The summed E-state index contributed by atoms with van der Waals surface area (Å²) in [5.74, 6) is 0.964. The van der Waals surface area contributed by atoms with Crippen molar-refractivity contribution in [3.8, 4) is 28.8 Å². The zero-order valence-corrected chi connectivity index (χ0v) is 16.2. The van der Waals surface area contributed by atoms with Gasteiger partial charge in [-0.1, -0.05) is 0 Å². The summed E-state index contributed by atoms with van der Waals surface area (Å²) in [6.07, 6.45) is 0. The number of ether oxygens (including phenoxy) is 3. The van der Waals surface area contributed by atoms with E-state index in [1.54, 1.807) is 43.3 Å². The zero-order valence-electron chi connectivity index (χ0n) is 16.2. The Balaban J connectivity index is 1.70. The van der Waals surface area contributed by atoms with Crippen LogP contribution in [0.15, 0.2) is 48.5 Å². The lowest BCUT2D eigenvalue weighted by atomic mass is 10.2. The number of hydrogen-bond donors (Lipinski definition) is 1. The van der Waals surface area contributed by atoms with Gasteiger partial charge in [-0.05, 0) is 43.3 Å². The van der Waals surface area contributed by atoms with E-state index in [-0.39, 0.29) is 18.3 Å². The number of aryl methyl sites for hydroxylation is 1. The zero-order chi connectivity index (χ0) is 20.8. The van der Waals surface area contributed by atoms with E-state index in [4.69, 9.17) is 14.2 Å². The van der Waals surface area contributed by atoms with Gasteiger partial charge in [0.05, 0.1) is 19.9 Å². The molecule has 0 saturated heterocycles. The molecule has 1 heterocycles. The molecule has 3 aromatic rings. The monoisotopic (exact) mass is 397 g/mol. The summed E-state index contributed by atoms with van der Waals surface area (Å²) < 4.78 is 29.1. The molecule has 0 aliphatic carbocycles. The van der Waals surface area contributed by atoms with Gasteiger partial charge in [0.25, 0.3) is 5.91 Å². The van der Waals surface area contributed by atoms with Gasteiger partial charge < -0.3 is 19.5 Å². The van der Waals surface area contributed by atoms with E-state index >= 15 is 0 Å². The first-order chi connectivity index (χ1) is 14.0. The second-order valence-corrected chi connectivity index (χ2v) is 6.08. The summed E-state index contributed by atoms with van der Waals surface area (Å²) >= 11 is 0. The minimum absolute atomic E-state index is 0.240. The topological polar surface area (TPSA) is 82.6 Å². The number of methoxy groups -OCH3 is 2. The Hall–Kier alpha value is -3.68. The number of benzene rings is 2. The highest BCUT2D eigenvalue weighted by Crippen LogP contribution is 2.28. The number of nitrogens with zero attached hydrogens (tertiary/aromatic N) is 2. The van der Waals surface area contributed by atoms with Crippen LogP contribution in [-0.2, 0) is 4.79 Å². The van der Waals surface area contributed by atoms with E-state index in [1.807, 2.05) is 0 Å². The largest absolute Gasteiger partial charge is 0.497 e. The number of carbonyl (C=O) groups is 1. The molecule has 0 fully saturated rings. The standard InChI is InChI=1S/C21H20FN3O4/c1-13-10-20(25-21(23-13)14-4-6-15(22)7-5-14)29-12-19(26)24-17-11-16(27-2)8-9-18(17)28-3/h4-11H,12H2,1-3H3,(H,24,26). The molecule has 1 aromatic heterocycles. The SMILES string of the molecule is COc1ccc(OC)c(NC(=O)COc2cc(C)nc(-c3ccc(F)cc3)n2)c1. The van der Waals surface area contributed by atoms with E-state index < -0.39 is 5.91 Å². The average molecular weight is 397 g/mol. The molecule has 29 heavy (non-hydrogen) atoms. The fourth-order valence-electron chi connectivity index (χ4n) is 2.58. The van der Waals surface area contributed by atoms with Crippen molar-refractivity contribution in [3.63, 3.8) is 0 Å². The number of hydrogen-bond acceptors (Lipinski definition) is 6. The van der Waals surface area contributed by atoms with Crippen molar-refractivity contribution in [2.75, 3.05) is 26.1 Å². The lowest BCUT2D eigenvalue weighted by molar-refractivity contribution is -0.118. The van der Waals surface area contributed by atoms with Crippen molar-refractivity contribution in [2.45, 2.75) is 6.92 Å². The number of aromatic nitrogens is 2. The second-order valence-electron chi connectivity index (χ2n) is 6.08. The van der Waals surface area contributed by atoms with Gasteiger partial charge in [-0.25, -0.2) is 9.37 Å². The van der Waals surface area contributed by atoms with Gasteiger partial charge in [0.15, 0.2) is 12.4 Å². The Kier molecular flexibility index (Phi) is 6.23. The maximum atomic E-state index is 13.1. The van der Waals surface area contributed by atoms with Crippen LogP contribution in [0, 0.1) is 12.7 Å². The van der Waals surface area contributed by atoms with E-state index in [0.29, 0.717) is 34.3 Å². The molecule has 0 unspecified atom stereocenters. The summed E-state index contributed by atoms with van der Waals surface area (Å²) in [6, 6.07) is 12.5. The third-order valence-corrected chi connectivity index (χ3v) is 3.97. The van der Waals surface area contributed by atoms with Crippen LogP contribution in [0.4, 0.5) is 10.1 Å². The number of amides is 1. The van der Waals surface area contributed by atoms with Crippen LogP contribution in [0.1, 0.15) is 5.69 Å². The van der Waals surface area contributed by atoms with Crippen LogP contribution >= 0.6 is 0 Å². The Morgan fingerprint density at radius 2 is 1.79 bits per heavy atom. The lowest BCUT2D eigenvalue weighted by Crippen LogP contribution is -2.21. The first kappa shape index (κ1) is 20.1. The maximum Gasteiger partial charge on any atom is 0.262 e. The highest BCUT2D eigenvalue weighted by Gasteiger charge is 2.12. The Morgan fingerprint density at radius 3 is 2.48 bits per heavy atom. The van der Waals surface area contributed by atoms with Crippen molar-refractivity contribution >= 4 is 11.6 Å². The summed E-state index contributed by atoms with van der Waals surface area (Å²) in [4.78, 5) is 20.9. The van der Waals surface area contributed by atoms with Crippen molar-refractivity contribution in [1.29, 1.82) is 0 Å². The summed E-state index contributed by atoms with van der Waals surface area (Å²) in [6.45, 7) is 1.52. The Morgan fingerprint density at radius 1 is 1.03 bits per heavy atom. The maximum absolute atomic E-state index is 13.1. The number of anilines is 1. The van der Waals surface area contributed by atoms with E-state index in [9.17, 15) is 9.18 Å². The highest BCUT2D eigenvalue weighted by atomic mass is 19.1. The molecule has 1 N–H and O–H groups in total. The van der Waals surface area contributed by atoms with E-state index in [1.165, 1.54) is 26.4 Å². The first-order valence-corrected chi connectivity index (χ1v) is 8.75. The summed E-state index contributed by atoms with van der Waals surface area (Å²) in [5.41, 5.74) is 1.76. The molecule has 0 saturated carbocycles. The average Bonchev–Trinajstić information content (AvgIpc) is 2.72. The Labute approximate surface area is 167 Å². The highest BCUT2D eigenvalue weighted by molar-refractivity contribution is 5.93. The smallest absolute Gasteiger partial charge is 0.262 e. The summed E-state index contributed by atoms with van der Waals surface area (Å²) in [7, 11) is 3.04. The van der Waals surface area contributed by atoms with Gasteiger partial charge >= 0.3 is 0 Å². The molecule has 3 rings (SSSR count). The minimum Gasteiger partial charge on any atom is -0.497 e. The first-order valence-electron chi connectivity index (χ1n) is 8.75. The van der Waals surface area contributed by atoms with Gasteiger partial charge in [-0.15, -0.1) is 0 Å². The van der Waals surface area contributed by atoms with Crippen LogP contribution in [0.3, 0.4) is 0 Å². The predicted molar refractivity (Wildman–Crippen MR) is 106 cm³/mol. The molecule has 2 aromatic carbocycles. The van der Waals surface area contributed by atoms with Crippen molar-refractivity contribution < 1.29 is 23.4 Å². The van der Waals surface area contributed by atoms with Gasteiger partial charge in [-0.3, -0.25) is 4.79 Å². The molecule has 0 radical (unpaired) electrons. The molecule has 0 bridgehead atoms. The molecular weight excluding hydrogens is 377 g/mol. The van der Waals surface area contributed by atoms with Crippen LogP contribution < -0.4 is 19.5 Å². The van der Waals surface area contributed by atoms with Crippen molar-refractivity contribution in [1.82, 2.24) is 9.97 Å². The minimum atomic E-state index is -0.392. The second kappa shape index (κ2) is 9.01. The molecular formula is C21H20FN3O4. The normalized spacial score (nSPS) is 10.3. The van der Waals surface area contributed by atoms with Crippen LogP contribution in [0.25, 0.3) is 11.4 Å². The molecule has 8 heteroatoms. The fourth-order valence-corrected chi connectivity index (χ4v) is 2.58. The van der Waals surface area contributed by atoms with Gasteiger partial charge in [-0.2, -0.15) is 4.98 Å². The fraction of sp³-hybridized carbons (Fsp3) is 0.190. The summed E-state index contributed by atoms with van der Waals surface area (Å²) in [5, 5.41) is 2.72. The van der Waals surface area contributed by atoms with Crippen molar-refractivity contribution in [2.24, 2.45) is 0 Å². The van der Waals surface area contributed by atoms with Crippen molar-refractivity contribution in [3.05, 3.63) is 60.0 Å². The number of rotatable bonds is 7. The third kappa shape index (κ3) is 5.19. The number of nitrogens with one attached hydrogen (secondary N) is 1.